The van der Waals surface area contributed by atoms with Gasteiger partial charge in [-0.05, 0) is 47.6 Å². The predicted octanol–water partition coefficient (Wildman–Crippen LogP) is 3.86. The highest BCUT2D eigenvalue weighted by Crippen LogP contribution is 2.30. The van der Waals surface area contributed by atoms with E-state index in [1.54, 1.807) is 13.0 Å². The Morgan fingerprint density at radius 3 is 2.85 bits per heavy atom. The molecule has 7 nitrogen and oxygen atoms in total. The molecule has 3 rings (SSSR count). The van der Waals surface area contributed by atoms with Crippen LogP contribution in [0.3, 0.4) is 0 Å². The molecule has 0 radical (unpaired) electrons. The number of carbonyl (C=O) groups excluding carboxylic acids is 1. The van der Waals surface area contributed by atoms with Crippen LogP contribution in [0.1, 0.15) is 16.1 Å². The molecule has 0 unspecified atom stereocenters. The van der Waals surface area contributed by atoms with Gasteiger partial charge in [-0.3, -0.25) is 15.1 Å². The third kappa shape index (κ3) is 3.50. The van der Waals surface area contributed by atoms with E-state index in [4.69, 9.17) is 11.3 Å². The second-order valence-corrected chi connectivity index (χ2v) is 6.12. The largest absolute Gasteiger partial charge is 0.472 e. The molecule has 2 heterocycles. The summed E-state index contributed by atoms with van der Waals surface area (Å²) in [6.07, 6.45) is 1.43. The van der Waals surface area contributed by atoms with Crippen LogP contribution in [-0.4, -0.2) is 28.2 Å². The van der Waals surface area contributed by atoms with Gasteiger partial charge in [0.2, 0.25) is 10.8 Å². The van der Waals surface area contributed by atoms with Gasteiger partial charge in [0.05, 0.1) is 19.2 Å². The van der Waals surface area contributed by atoms with E-state index >= 15 is 0 Å². The molecule has 0 saturated heterocycles. The molecule has 1 aromatic carbocycles. The Hall–Kier alpha value is -3.38. The Morgan fingerprint density at radius 1 is 1.35 bits per heavy atom. The molecule has 0 bridgehead atoms. The van der Waals surface area contributed by atoms with Gasteiger partial charge in [-0.2, -0.15) is 0 Å². The summed E-state index contributed by atoms with van der Waals surface area (Å²) >= 11 is 1.08. The van der Waals surface area contributed by atoms with Crippen LogP contribution < -0.4 is 10.1 Å². The van der Waals surface area contributed by atoms with Crippen molar-refractivity contribution in [1.82, 2.24) is 15.2 Å². The fraction of sp³-hybridized carbons (Fsp3) is 0.118. The lowest BCUT2D eigenvalue weighted by molar-refractivity contribution is 0.102. The van der Waals surface area contributed by atoms with Crippen molar-refractivity contribution in [2.75, 3.05) is 12.4 Å². The molecule has 2 aromatic heterocycles. The molecule has 0 aliphatic carbocycles. The number of anilines is 1. The molecule has 0 aliphatic rings. The van der Waals surface area contributed by atoms with Crippen molar-refractivity contribution in [2.45, 2.75) is 6.92 Å². The van der Waals surface area contributed by atoms with E-state index in [-0.39, 0.29) is 16.4 Å². The zero-order chi connectivity index (χ0) is 18.7. The molecule has 0 spiro atoms. The first-order valence-electron chi connectivity index (χ1n) is 7.34. The van der Waals surface area contributed by atoms with E-state index in [0.29, 0.717) is 22.0 Å². The summed E-state index contributed by atoms with van der Waals surface area (Å²) in [7, 11) is 1.46. The number of rotatable bonds is 4. The number of ether oxygens (including phenoxy) is 1. The van der Waals surface area contributed by atoms with E-state index < -0.39 is 11.7 Å². The minimum absolute atomic E-state index is 0.114. The van der Waals surface area contributed by atoms with E-state index in [1.165, 1.54) is 31.5 Å². The second kappa shape index (κ2) is 7.25. The number of nitrogens with zero attached hydrogens (tertiary/aromatic N) is 4. The quantitative estimate of drug-likeness (QED) is 0.706. The lowest BCUT2D eigenvalue weighted by Crippen LogP contribution is -2.13. The first-order chi connectivity index (χ1) is 12.5. The molecule has 3 aromatic rings. The topological polar surface area (TPSA) is 81.4 Å². The van der Waals surface area contributed by atoms with Gasteiger partial charge in [0.25, 0.3) is 11.1 Å². The maximum Gasteiger partial charge on any atom is 0.295 e. The maximum absolute atomic E-state index is 13.6. The maximum atomic E-state index is 13.6. The normalized spacial score (nSPS) is 10.2. The third-order valence-electron chi connectivity index (χ3n) is 3.46. The average molecular weight is 369 g/mol. The highest BCUT2D eigenvalue weighted by atomic mass is 32.1. The third-order valence-corrected chi connectivity index (χ3v) is 4.26. The van der Waals surface area contributed by atoms with E-state index in [0.717, 1.165) is 11.3 Å². The molecule has 0 fully saturated rings. The van der Waals surface area contributed by atoms with Gasteiger partial charge < -0.3 is 4.74 Å². The van der Waals surface area contributed by atoms with Gasteiger partial charge in [0.15, 0.2) is 0 Å². The number of aryl methyl sites for hydroxylation is 1. The SMILES string of the molecule is [C-]#[N+]c1cc(-c2cc(C)ncc2C(=O)Nc2nnc(OC)s2)ccc1F. The zero-order valence-corrected chi connectivity index (χ0v) is 14.6. The lowest BCUT2D eigenvalue weighted by atomic mass is 9.99. The monoisotopic (exact) mass is 369 g/mol. The Balaban J connectivity index is 2.00. The van der Waals surface area contributed by atoms with Crippen molar-refractivity contribution in [3.8, 4) is 16.3 Å². The van der Waals surface area contributed by atoms with Crippen molar-refractivity contribution < 1.29 is 13.9 Å². The first kappa shape index (κ1) is 17.4. The number of hydrogen-bond acceptors (Lipinski definition) is 6. The number of methoxy groups -OCH3 is 1. The standard InChI is InChI=1S/C17H12FN5O2S/c1-9-6-11(10-4-5-13(18)14(7-10)19-2)12(8-20-9)15(24)21-16-22-23-17(25-3)26-16/h4-8H,1,3H3,(H,21,22,24). The summed E-state index contributed by atoms with van der Waals surface area (Å²) < 4.78 is 18.6. The van der Waals surface area contributed by atoms with Crippen LogP contribution in [-0.2, 0) is 0 Å². The van der Waals surface area contributed by atoms with Crippen molar-refractivity contribution in [2.24, 2.45) is 0 Å². The van der Waals surface area contributed by atoms with Crippen LogP contribution >= 0.6 is 11.3 Å². The van der Waals surface area contributed by atoms with Gasteiger partial charge in [0, 0.05) is 11.9 Å². The van der Waals surface area contributed by atoms with E-state index in [9.17, 15) is 9.18 Å². The van der Waals surface area contributed by atoms with Crippen LogP contribution in [0.4, 0.5) is 15.2 Å². The Kier molecular flexibility index (Phi) is 4.86. The highest BCUT2D eigenvalue weighted by Gasteiger charge is 2.17. The minimum Gasteiger partial charge on any atom is -0.472 e. The van der Waals surface area contributed by atoms with Crippen LogP contribution in [0, 0.1) is 19.3 Å². The molecule has 130 valence electrons. The number of hydrogen-bond donors (Lipinski definition) is 1. The molecule has 1 amide bonds. The lowest BCUT2D eigenvalue weighted by Gasteiger charge is -2.10. The molecule has 0 atom stereocenters. The van der Waals surface area contributed by atoms with Gasteiger partial charge in [-0.15, -0.1) is 5.10 Å². The molecule has 0 aliphatic heterocycles. The predicted molar refractivity (Wildman–Crippen MR) is 95.0 cm³/mol. The molecule has 9 heteroatoms. The molecule has 0 saturated carbocycles. The summed E-state index contributed by atoms with van der Waals surface area (Å²) in [5, 5.41) is 10.8. The fourth-order valence-electron chi connectivity index (χ4n) is 2.25. The van der Waals surface area contributed by atoms with Crippen molar-refractivity contribution in [3.05, 3.63) is 59.0 Å². The second-order valence-electron chi connectivity index (χ2n) is 5.18. The minimum atomic E-state index is -0.610. The Labute approximate surface area is 152 Å². The van der Waals surface area contributed by atoms with E-state index in [1.807, 2.05) is 0 Å². The Bertz CT molecular complexity index is 1030. The fourth-order valence-corrected chi connectivity index (χ4v) is 2.81. The van der Waals surface area contributed by atoms with Crippen LogP contribution in [0.5, 0.6) is 5.19 Å². The van der Waals surface area contributed by atoms with Gasteiger partial charge in [-0.1, -0.05) is 11.2 Å². The highest BCUT2D eigenvalue weighted by molar-refractivity contribution is 7.17. The Morgan fingerprint density at radius 2 is 2.15 bits per heavy atom. The van der Waals surface area contributed by atoms with Crippen molar-refractivity contribution in [3.63, 3.8) is 0 Å². The van der Waals surface area contributed by atoms with Crippen LogP contribution in [0.15, 0.2) is 30.5 Å². The summed E-state index contributed by atoms with van der Waals surface area (Å²) in [5.41, 5.74) is 1.92. The smallest absolute Gasteiger partial charge is 0.295 e. The molecule has 26 heavy (non-hydrogen) atoms. The zero-order valence-electron chi connectivity index (χ0n) is 13.8. The number of nitrogens with one attached hydrogen (secondary N) is 1. The number of benzene rings is 1. The summed E-state index contributed by atoms with van der Waals surface area (Å²) in [6.45, 7) is 8.84. The number of halogens is 1. The first-order valence-corrected chi connectivity index (χ1v) is 8.16. The summed E-state index contributed by atoms with van der Waals surface area (Å²) in [6, 6.07) is 5.83. The molecule has 1 N–H and O–H groups in total. The van der Waals surface area contributed by atoms with Gasteiger partial charge >= 0.3 is 0 Å². The summed E-state index contributed by atoms with van der Waals surface area (Å²) in [5.74, 6) is -1.05. The van der Waals surface area contributed by atoms with Crippen molar-refractivity contribution >= 4 is 28.1 Å². The number of pyridine rings is 1. The number of carbonyl (C=O) groups is 1. The van der Waals surface area contributed by atoms with Gasteiger partial charge in [0.1, 0.15) is 5.82 Å². The molecular formula is C17H12FN5O2S. The average Bonchev–Trinajstić information content (AvgIpc) is 3.09. The van der Waals surface area contributed by atoms with Crippen LogP contribution in [0.2, 0.25) is 0 Å². The number of aromatic nitrogens is 3. The summed E-state index contributed by atoms with van der Waals surface area (Å²) in [4.78, 5) is 20.0. The van der Waals surface area contributed by atoms with Gasteiger partial charge in [-0.25, -0.2) is 9.24 Å². The van der Waals surface area contributed by atoms with Crippen molar-refractivity contribution in [1.29, 1.82) is 0 Å². The molecular weight excluding hydrogens is 357 g/mol. The number of amides is 1. The van der Waals surface area contributed by atoms with Crippen LogP contribution in [0.25, 0.3) is 16.0 Å². The van der Waals surface area contributed by atoms with E-state index in [2.05, 4.69) is 25.3 Å².